The predicted molar refractivity (Wildman–Crippen MR) is 64.6 cm³/mol. The van der Waals surface area contributed by atoms with E-state index in [1.54, 1.807) is 39.2 Å². The Hall–Kier alpha value is -2.04. The number of carbonyl (C=O) groups excluding carboxylic acids is 2. The third-order valence-electron chi connectivity index (χ3n) is 2.33. The van der Waals surface area contributed by atoms with Crippen molar-refractivity contribution < 1.29 is 14.3 Å². The molecule has 0 aromatic heterocycles. The lowest BCUT2D eigenvalue weighted by atomic mass is 10.1. The Labute approximate surface area is 100 Å². The van der Waals surface area contributed by atoms with Crippen LogP contribution in [0.1, 0.15) is 15.9 Å². The minimum atomic E-state index is -0.573. The van der Waals surface area contributed by atoms with Gasteiger partial charge in [0.15, 0.2) is 6.61 Å². The number of nitrogen functional groups attached to an aromatic ring is 1. The zero-order valence-electron chi connectivity index (χ0n) is 10.2. The summed E-state index contributed by atoms with van der Waals surface area (Å²) in [5.74, 6) is -0.846. The first kappa shape index (κ1) is 13.0. The third kappa shape index (κ3) is 3.21. The first-order valence-electron chi connectivity index (χ1n) is 5.16. The van der Waals surface area contributed by atoms with Gasteiger partial charge in [0, 0.05) is 19.8 Å². The maximum Gasteiger partial charge on any atom is 0.341 e. The largest absolute Gasteiger partial charge is 0.452 e. The van der Waals surface area contributed by atoms with Crippen molar-refractivity contribution in [3.63, 3.8) is 0 Å². The molecule has 0 aliphatic rings. The van der Waals surface area contributed by atoms with E-state index in [-0.39, 0.29) is 12.5 Å². The molecule has 1 aromatic carbocycles. The minimum Gasteiger partial charge on any atom is -0.452 e. The predicted octanol–water partition coefficient (Wildman–Crippen LogP) is 0.822. The molecule has 5 heteroatoms. The van der Waals surface area contributed by atoms with Crippen molar-refractivity contribution in [2.75, 3.05) is 26.4 Å². The van der Waals surface area contributed by atoms with E-state index in [0.717, 1.165) is 5.56 Å². The molecule has 0 atom stereocenters. The molecule has 0 saturated carbocycles. The third-order valence-corrected chi connectivity index (χ3v) is 2.33. The number of nitrogens with two attached hydrogens (primary N) is 1. The SMILES string of the molecule is Cc1cccc(N)c1C(=O)OCC(=O)N(C)C. The number of hydrogen-bond acceptors (Lipinski definition) is 4. The summed E-state index contributed by atoms with van der Waals surface area (Å²) in [4.78, 5) is 24.4. The molecule has 0 aliphatic carbocycles. The zero-order valence-corrected chi connectivity index (χ0v) is 10.2. The standard InChI is InChI=1S/C12H16N2O3/c1-8-5-4-6-9(13)11(8)12(16)17-7-10(15)14(2)3/h4-6H,7,13H2,1-3H3. The molecule has 0 saturated heterocycles. The highest BCUT2D eigenvalue weighted by molar-refractivity contribution is 5.97. The number of hydrogen-bond donors (Lipinski definition) is 1. The van der Waals surface area contributed by atoms with Gasteiger partial charge in [-0.25, -0.2) is 4.79 Å². The molecule has 0 bridgehead atoms. The second-order valence-electron chi connectivity index (χ2n) is 3.90. The van der Waals surface area contributed by atoms with Gasteiger partial charge in [-0.05, 0) is 18.6 Å². The van der Waals surface area contributed by atoms with Gasteiger partial charge >= 0.3 is 5.97 Å². The highest BCUT2D eigenvalue weighted by atomic mass is 16.5. The summed E-state index contributed by atoms with van der Waals surface area (Å²) in [6, 6.07) is 5.14. The molecule has 0 aliphatic heterocycles. The van der Waals surface area contributed by atoms with Gasteiger partial charge < -0.3 is 15.4 Å². The van der Waals surface area contributed by atoms with Crippen LogP contribution < -0.4 is 5.73 Å². The molecule has 0 unspecified atom stereocenters. The van der Waals surface area contributed by atoms with Crippen molar-refractivity contribution in [2.24, 2.45) is 0 Å². The number of likely N-dealkylation sites (N-methyl/N-ethyl adjacent to an activating group) is 1. The average Bonchev–Trinajstić information content (AvgIpc) is 2.25. The summed E-state index contributed by atoms with van der Waals surface area (Å²) in [7, 11) is 3.19. The van der Waals surface area contributed by atoms with Crippen molar-refractivity contribution >= 4 is 17.6 Å². The monoisotopic (exact) mass is 236 g/mol. The minimum absolute atomic E-state index is 0.273. The lowest BCUT2D eigenvalue weighted by Crippen LogP contribution is -2.27. The van der Waals surface area contributed by atoms with E-state index < -0.39 is 5.97 Å². The molecule has 2 N–H and O–H groups in total. The van der Waals surface area contributed by atoms with E-state index >= 15 is 0 Å². The molecule has 0 fully saturated rings. The maximum absolute atomic E-state index is 11.7. The van der Waals surface area contributed by atoms with Crippen LogP contribution in [0.3, 0.4) is 0 Å². The maximum atomic E-state index is 11.7. The molecule has 92 valence electrons. The van der Waals surface area contributed by atoms with E-state index in [2.05, 4.69) is 0 Å². The number of nitrogens with zero attached hydrogens (tertiary/aromatic N) is 1. The van der Waals surface area contributed by atoms with Crippen molar-refractivity contribution in [1.29, 1.82) is 0 Å². The molecule has 1 rings (SSSR count). The Bertz CT molecular complexity index is 421. The number of aryl methyl sites for hydroxylation is 1. The Balaban J connectivity index is 2.74. The van der Waals surface area contributed by atoms with Crippen LogP contribution in [0.25, 0.3) is 0 Å². The molecule has 0 heterocycles. The quantitative estimate of drug-likeness (QED) is 0.623. The molecule has 17 heavy (non-hydrogen) atoms. The van der Waals surface area contributed by atoms with Gasteiger partial charge in [0.05, 0.1) is 5.56 Å². The smallest absolute Gasteiger partial charge is 0.341 e. The number of ether oxygens (including phenoxy) is 1. The van der Waals surface area contributed by atoms with Crippen molar-refractivity contribution in [3.05, 3.63) is 29.3 Å². The Kier molecular flexibility index (Phi) is 4.09. The zero-order chi connectivity index (χ0) is 13.0. The second kappa shape index (κ2) is 5.34. The average molecular weight is 236 g/mol. The summed E-state index contributed by atoms with van der Waals surface area (Å²) in [5.41, 5.74) is 7.09. The molecule has 0 spiro atoms. The number of amides is 1. The molecular weight excluding hydrogens is 220 g/mol. The molecular formula is C12H16N2O3. The number of rotatable bonds is 3. The molecule has 5 nitrogen and oxygen atoms in total. The van der Waals surface area contributed by atoms with E-state index in [1.165, 1.54) is 4.90 Å². The highest BCUT2D eigenvalue weighted by Crippen LogP contribution is 2.17. The highest BCUT2D eigenvalue weighted by Gasteiger charge is 2.15. The first-order valence-corrected chi connectivity index (χ1v) is 5.16. The topological polar surface area (TPSA) is 72.6 Å². The lowest BCUT2D eigenvalue weighted by Gasteiger charge is -2.12. The summed E-state index contributed by atoms with van der Waals surface area (Å²) in [6.07, 6.45) is 0. The Morgan fingerprint density at radius 2 is 2.00 bits per heavy atom. The summed E-state index contributed by atoms with van der Waals surface area (Å²) < 4.78 is 4.90. The van der Waals surface area contributed by atoms with E-state index in [4.69, 9.17) is 10.5 Å². The molecule has 1 amide bonds. The second-order valence-corrected chi connectivity index (χ2v) is 3.90. The fourth-order valence-electron chi connectivity index (χ4n) is 1.30. The number of esters is 1. The van der Waals surface area contributed by atoms with Crippen LogP contribution in [0.4, 0.5) is 5.69 Å². The van der Waals surface area contributed by atoms with Gasteiger partial charge in [-0.3, -0.25) is 4.79 Å². The van der Waals surface area contributed by atoms with Crippen LogP contribution in [-0.2, 0) is 9.53 Å². The number of carbonyl (C=O) groups is 2. The van der Waals surface area contributed by atoms with Crippen LogP contribution in [0.15, 0.2) is 18.2 Å². The van der Waals surface area contributed by atoms with Crippen LogP contribution in [-0.4, -0.2) is 37.5 Å². The van der Waals surface area contributed by atoms with E-state index in [1.807, 2.05) is 0 Å². The fourth-order valence-corrected chi connectivity index (χ4v) is 1.30. The van der Waals surface area contributed by atoms with Gasteiger partial charge in [-0.2, -0.15) is 0 Å². The summed E-state index contributed by atoms with van der Waals surface area (Å²) >= 11 is 0. The first-order chi connectivity index (χ1) is 7.93. The summed E-state index contributed by atoms with van der Waals surface area (Å²) in [5, 5.41) is 0. The Morgan fingerprint density at radius 3 is 2.53 bits per heavy atom. The van der Waals surface area contributed by atoms with Crippen molar-refractivity contribution in [2.45, 2.75) is 6.92 Å². The molecule has 1 aromatic rings. The molecule has 0 radical (unpaired) electrons. The van der Waals surface area contributed by atoms with Gasteiger partial charge in [-0.1, -0.05) is 12.1 Å². The van der Waals surface area contributed by atoms with E-state index in [0.29, 0.717) is 11.3 Å². The number of anilines is 1. The lowest BCUT2D eigenvalue weighted by molar-refractivity contribution is -0.131. The van der Waals surface area contributed by atoms with Crippen molar-refractivity contribution in [3.8, 4) is 0 Å². The number of benzene rings is 1. The van der Waals surface area contributed by atoms with Crippen LogP contribution >= 0.6 is 0 Å². The fraction of sp³-hybridized carbons (Fsp3) is 0.333. The Morgan fingerprint density at radius 1 is 1.35 bits per heavy atom. The van der Waals surface area contributed by atoms with Crippen LogP contribution in [0, 0.1) is 6.92 Å². The van der Waals surface area contributed by atoms with E-state index in [9.17, 15) is 9.59 Å². The van der Waals surface area contributed by atoms with Gasteiger partial charge in [0.2, 0.25) is 0 Å². The van der Waals surface area contributed by atoms with Crippen molar-refractivity contribution in [1.82, 2.24) is 4.90 Å². The van der Waals surface area contributed by atoms with Gasteiger partial charge in [0.25, 0.3) is 5.91 Å². The van der Waals surface area contributed by atoms with Gasteiger partial charge in [-0.15, -0.1) is 0 Å². The van der Waals surface area contributed by atoms with Gasteiger partial charge in [0.1, 0.15) is 0 Å². The van der Waals surface area contributed by atoms with Crippen LogP contribution in [0.2, 0.25) is 0 Å². The normalized spacial score (nSPS) is 9.82. The summed E-state index contributed by atoms with van der Waals surface area (Å²) in [6.45, 7) is 1.49. The van der Waals surface area contributed by atoms with Crippen LogP contribution in [0.5, 0.6) is 0 Å².